The van der Waals surface area contributed by atoms with Gasteiger partial charge in [-0.15, -0.1) is 0 Å². The second-order valence-corrected chi connectivity index (χ2v) is 6.00. The Bertz CT molecular complexity index is 422. The first-order valence-corrected chi connectivity index (χ1v) is 6.68. The Morgan fingerprint density at radius 3 is 2.56 bits per heavy atom. The average Bonchev–Trinajstić information content (AvgIpc) is 3.07. The lowest BCUT2D eigenvalue weighted by molar-refractivity contribution is 0.0398. The largest absolute Gasteiger partial charge is 0.384 e. The number of nitrogens with zero attached hydrogens (tertiary/aromatic N) is 2. The summed E-state index contributed by atoms with van der Waals surface area (Å²) in [6.45, 7) is 9.08. The maximum absolute atomic E-state index is 5.90. The molecule has 0 spiro atoms. The van der Waals surface area contributed by atoms with Gasteiger partial charge in [-0.2, -0.15) is 0 Å². The monoisotopic (exact) mass is 249 g/mol. The van der Waals surface area contributed by atoms with Crippen LogP contribution >= 0.6 is 0 Å². The molecule has 100 valence electrons. The summed E-state index contributed by atoms with van der Waals surface area (Å²) in [6, 6.07) is 1.86. The van der Waals surface area contributed by atoms with Gasteiger partial charge in [0.05, 0.1) is 5.69 Å². The molecule has 18 heavy (non-hydrogen) atoms. The van der Waals surface area contributed by atoms with Gasteiger partial charge in [0.1, 0.15) is 11.9 Å². The van der Waals surface area contributed by atoms with Gasteiger partial charge in [0.2, 0.25) is 0 Å². The molecule has 0 amide bonds. The van der Waals surface area contributed by atoms with Gasteiger partial charge >= 0.3 is 0 Å². The van der Waals surface area contributed by atoms with Crippen LogP contribution in [-0.4, -0.2) is 16.6 Å². The van der Waals surface area contributed by atoms with E-state index in [0.717, 1.165) is 11.5 Å². The van der Waals surface area contributed by atoms with Gasteiger partial charge in [0.15, 0.2) is 5.82 Å². The summed E-state index contributed by atoms with van der Waals surface area (Å²) >= 11 is 0. The molecule has 1 aromatic heterocycles. The molecule has 0 aromatic carbocycles. The van der Waals surface area contributed by atoms with E-state index in [0.29, 0.717) is 18.3 Å². The maximum atomic E-state index is 5.90. The van der Waals surface area contributed by atoms with E-state index in [1.807, 2.05) is 13.0 Å². The van der Waals surface area contributed by atoms with E-state index in [-0.39, 0.29) is 11.5 Å². The third-order valence-corrected chi connectivity index (χ3v) is 3.18. The molecule has 1 aromatic rings. The smallest absolute Gasteiger partial charge is 0.160 e. The third-order valence-electron chi connectivity index (χ3n) is 3.18. The van der Waals surface area contributed by atoms with Crippen molar-refractivity contribution < 1.29 is 4.74 Å². The standard InChI is InChI=1S/C14H23N3O/c1-5-18-12(9-6-7-9)13-16-10(14(2,3)4)8-11(15)17-13/h8-9,12H,5-7H2,1-4H3,(H2,15,16,17). The second kappa shape index (κ2) is 4.84. The lowest BCUT2D eigenvalue weighted by Gasteiger charge is -2.21. The molecule has 1 unspecified atom stereocenters. The van der Waals surface area contributed by atoms with E-state index in [4.69, 9.17) is 10.5 Å². The number of aromatic nitrogens is 2. The number of anilines is 1. The fourth-order valence-corrected chi connectivity index (χ4v) is 2.00. The Hall–Kier alpha value is -1.16. The number of hydrogen-bond acceptors (Lipinski definition) is 4. The highest BCUT2D eigenvalue weighted by molar-refractivity contribution is 5.33. The van der Waals surface area contributed by atoms with Crippen molar-refractivity contribution in [3.05, 3.63) is 17.6 Å². The molecule has 2 N–H and O–H groups in total. The molecule has 0 bridgehead atoms. The molecule has 1 heterocycles. The van der Waals surface area contributed by atoms with Crippen LogP contribution in [0.15, 0.2) is 6.07 Å². The normalized spacial score (nSPS) is 17.8. The molecular formula is C14H23N3O. The van der Waals surface area contributed by atoms with Gasteiger partial charge in [0, 0.05) is 18.1 Å². The van der Waals surface area contributed by atoms with Crippen LogP contribution in [0.5, 0.6) is 0 Å². The fraction of sp³-hybridized carbons (Fsp3) is 0.714. The van der Waals surface area contributed by atoms with Crippen LogP contribution in [0.4, 0.5) is 5.82 Å². The minimum absolute atomic E-state index is 0.0135. The van der Waals surface area contributed by atoms with Crippen LogP contribution in [0, 0.1) is 5.92 Å². The minimum atomic E-state index is -0.0217. The maximum Gasteiger partial charge on any atom is 0.160 e. The molecule has 0 radical (unpaired) electrons. The fourth-order valence-electron chi connectivity index (χ4n) is 2.00. The van der Waals surface area contributed by atoms with Crippen molar-refractivity contribution >= 4 is 5.82 Å². The van der Waals surface area contributed by atoms with Gasteiger partial charge in [-0.3, -0.25) is 0 Å². The molecule has 1 aliphatic rings. The van der Waals surface area contributed by atoms with Crippen molar-refractivity contribution in [1.82, 2.24) is 9.97 Å². The van der Waals surface area contributed by atoms with Crippen molar-refractivity contribution in [3.63, 3.8) is 0 Å². The highest BCUT2D eigenvalue weighted by Gasteiger charge is 2.35. The number of rotatable bonds is 4. The van der Waals surface area contributed by atoms with Crippen molar-refractivity contribution in [3.8, 4) is 0 Å². The van der Waals surface area contributed by atoms with Gasteiger partial charge in [0.25, 0.3) is 0 Å². The predicted molar refractivity (Wildman–Crippen MR) is 72.2 cm³/mol. The van der Waals surface area contributed by atoms with Gasteiger partial charge in [-0.25, -0.2) is 9.97 Å². The summed E-state index contributed by atoms with van der Waals surface area (Å²) < 4.78 is 5.79. The van der Waals surface area contributed by atoms with Crippen LogP contribution in [0.1, 0.15) is 58.2 Å². The van der Waals surface area contributed by atoms with Crippen molar-refractivity contribution in [2.45, 2.75) is 52.1 Å². The first-order valence-electron chi connectivity index (χ1n) is 6.68. The molecule has 1 saturated carbocycles. The van der Waals surface area contributed by atoms with E-state index in [9.17, 15) is 0 Å². The number of nitrogens with two attached hydrogens (primary N) is 1. The first kappa shape index (κ1) is 13.3. The molecule has 1 atom stereocenters. The zero-order valence-electron chi connectivity index (χ0n) is 11.7. The number of hydrogen-bond donors (Lipinski definition) is 1. The highest BCUT2D eigenvalue weighted by Crippen LogP contribution is 2.42. The molecule has 4 nitrogen and oxygen atoms in total. The summed E-state index contributed by atoms with van der Waals surface area (Å²) in [4.78, 5) is 9.04. The van der Waals surface area contributed by atoms with Gasteiger partial charge in [-0.05, 0) is 25.7 Å². The van der Waals surface area contributed by atoms with Crippen LogP contribution in [0.2, 0.25) is 0 Å². The summed E-state index contributed by atoms with van der Waals surface area (Å²) in [7, 11) is 0. The molecule has 1 aliphatic carbocycles. The van der Waals surface area contributed by atoms with Crippen LogP contribution in [-0.2, 0) is 10.2 Å². The van der Waals surface area contributed by atoms with Crippen LogP contribution in [0.3, 0.4) is 0 Å². The second-order valence-electron chi connectivity index (χ2n) is 6.00. The SMILES string of the molecule is CCOC(c1nc(N)cc(C(C)(C)C)n1)C1CC1. The molecule has 2 rings (SSSR count). The van der Waals surface area contributed by atoms with E-state index in [1.165, 1.54) is 12.8 Å². The van der Waals surface area contributed by atoms with E-state index < -0.39 is 0 Å². The van der Waals surface area contributed by atoms with Crippen molar-refractivity contribution in [1.29, 1.82) is 0 Å². The topological polar surface area (TPSA) is 61.0 Å². The molecular weight excluding hydrogens is 226 g/mol. The average molecular weight is 249 g/mol. The van der Waals surface area contributed by atoms with E-state index in [2.05, 4.69) is 30.7 Å². The van der Waals surface area contributed by atoms with Crippen LogP contribution in [0.25, 0.3) is 0 Å². The Balaban J connectivity index is 2.34. The zero-order valence-corrected chi connectivity index (χ0v) is 11.7. The van der Waals surface area contributed by atoms with Crippen LogP contribution < -0.4 is 5.73 Å². The molecule has 4 heteroatoms. The Labute approximate surface area is 109 Å². The zero-order chi connectivity index (χ0) is 13.3. The molecule has 1 fully saturated rings. The Morgan fingerprint density at radius 1 is 1.39 bits per heavy atom. The van der Waals surface area contributed by atoms with E-state index in [1.54, 1.807) is 0 Å². The van der Waals surface area contributed by atoms with E-state index >= 15 is 0 Å². The predicted octanol–water partition coefficient (Wildman–Crippen LogP) is 2.84. The summed E-state index contributed by atoms with van der Waals surface area (Å²) in [6.07, 6.45) is 2.42. The Morgan fingerprint density at radius 2 is 2.06 bits per heavy atom. The number of nitrogen functional groups attached to an aromatic ring is 1. The third kappa shape index (κ3) is 2.99. The highest BCUT2D eigenvalue weighted by atomic mass is 16.5. The molecule has 0 saturated heterocycles. The molecule has 0 aliphatic heterocycles. The lowest BCUT2D eigenvalue weighted by Crippen LogP contribution is -2.19. The first-order chi connectivity index (χ1) is 8.41. The Kier molecular flexibility index (Phi) is 3.57. The lowest BCUT2D eigenvalue weighted by atomic mass is 9.92. The van der Waals surface area contributed by atoms with Gasteiger partial charge in [-0.1, -0.05) is 20.8 Å². The quantitative estimate of drug-likeness (QED) is 0.891. The summed E-state index contributed by atoms with van der Waals surface area (Å²) in [5.41, 5.74) is 6.86. The number of ether oxygens (including phenoxy) is 1. The van der Waals surface area contributed by atoms with Gasteiger partial charge < -0.3 is 10.5 Å². The summed E-state index contributed by atoms with van der Waals surface area (Å²) in [5, 5.41) is 0. The minimum Gasteiger partial charge on any atom is -0.384 e. The summed E-state index contributed by atoms with van der Waals surface area (Å²) in [5.74, 6) is 1.86. The van der Waals surface area contributed by atoms with Crippen molar-refractivity contribution in [2.24, 2.45) is 5.92 Å². The van der Waals surface area contributed by atoms with Crippen molar-refractivity contribution in [2.75, 3.05) is 12.3 Å².